The first kappa shape index (κ1) is 20.0. The van der Waals surface area contributed by atoms with Gasteiger partial charge in [-0.15, -0.1) is 0 Å². The zero-order valence-electron chi connectivity index (χ0n) is 33.4. The summed E-state index contributed by atoms with van der Waals surface area (Å²) in [5.74, 6) is 0.727. The molecule has 0 atom stereocenters. The maximum absolute atomic E-state index is 9.26. The predicted octanol–water partition coefficient (Wildman–Crippen LogP) is 13.3. The van der Waals surface area contributed by atoms with E-state index in [0.717, 1.165) is 38.6 Å². The van der Waals surface area contributed by atoms with Crippen molar-refractivity contribution in [3.05, 3.63) is 170 Å². The molecule has 0 aliphatic carbocycles. The third kappa shape index (κ3) is 4.00. The van der Waals surface area contributed by atoms with Crippen molar-refractivity contribution >= 4 is 54.5 Å². The third-order valence-corrected chi connectivity index (χ3v) is 9.12. The molecule has 0 saturated carbocycles. The summed E-state index contributed by atoms with van der Waals surface area (Å²) in [7, 11) is 0. The highest BCUT2D eigenvalue weighted by Gasteiger charge is 2.23. The minimum atomic E-state index is -0.448. The minimum absolute atomic E-state index is 0.149. The molecule has 0 amide bonds. The molecule has 10 aromatic rings. The van der Waals surface area contributed by atoms with Gasteiger partial charge < -0.3 is 8.83 Å². The SMILES string of the molecule is [2H]c1c([2H])c([2H])c2c(-c3ccc4c(c3)oc3ccc5c(-c6ccccc6)c(-c6ccccc6)oc5c34)c3c([2H])c([2H])c([2H])c([2H])c3c(-c3ccccc3)c2c1[2H]. The molecule has 2 nitrogen and oxygen atoms in total. The first-order valence-electron chi connectivity index (χ1n) is 19.7. The van der Waals surface area contributed by atoms with Crippen LogP contribution in [0.25, 0.3) is 99.2 Å². The van der Waals surface area contributed by atoms with Crippen LogP contribution < -0.4 is 0 Å². The topological polar surface area (TPSA) is 26.3 Å². The summed E-state index contributed by atoms with van der Waals surface area (Å²) < 4.78 is 85.0. The molecule has 2 heteroatoms. The van der Waals surface area contributed by atoms with E-state index in [1.807, 2.05) is 78.9 Å². The normalized spacial score (nSPS) is 14.1. The van der Waals surface area contributed by atoms with Gasteiger partial charge in [-0.3, -0.25) is 0 Å². The lowest BCUT2D eigenvalue weighted by molar-refractivity contribution is 0.634. The Morgan fingerprint density at radius 3 is 1.46 bits per heavy atom. The average Bonchev–Trinajstić information content (AvgIpc) is 3.81. The molecular formula is C46H28O2. The Balaban J connectivity index is 1.33. The number of rotatable bonds is 4. The van der Waals surface area contributed by atoms with Gasteiger partial charge in [0, 0.05) is 21.9 Å². The Kier molecular flexibility index (Phi) is 4.41. The van der Waals surface area contributed by atoms with Crippen LogP contribution in [-0.2, 0) is 0 Å². The fourth-order valence-electron chi connectivity index (χ4n) is 7.06. The number of hydrogen-bond donors (Lipinski definition) is 0. The maximum atomic E-state index is 9.26. The highest BCUT2D eigenvalue weighted by atomic mass is 16.3. The van der Waals surface area contributed by atoms with Crippen molar-refractivity contribution in [2.75, 3.05) is 0 Å². The Morgan fingerprint density at radius 1 is 0.375 bits per heavy atom. The van der Waals surface area contributed by atoms with Crippen molar-refractivity contribution in [1.82, 2.24) is 0 Å². The van der Waals surface area contributed by atoms with E-state index < -0.39 is 24.2 Å². The van der Waals surface area contributed by atoms with E-state index in [-0.39, 0.29) is 51.3 Å². The van der Waals surface area contributed by atoms with E-state index in [1.54, 1.807) is 30.3 Å². The summed E-state index contributed by atoms with van der Waals surface area (Å²) in [5.41, 5.74) is 6.19. The molecule has 0 unspecified atom stereocenters. The molecule has 0 saturated heterocycles. The van der Waals surface area contributed by atoms with Crippen LogP contribution >= 0.6 is 0 Å². The second kappa shape index (κ2) is 10.6. The van der Waals surface area contributed by atoms with Gasteiger partial charge >= 0.3 is 0 Å². The Hall–Kier alpha value is -6.38. The molecule has 10 rings (SSSR count). The van der Waals surface area contributed by atoms with Crippen molar-refractivity contribution in [1.29, 1.82) is 0 Å². The van der Waals surface area contributed by atoms with Gasteiger partial charge in [-0.25, -0.2) is 0 Å². The fraction of sp³-hybridized carbons (Fsp3) is 0. The fourth-order valence-corrected chi connectivity index (χ4v) is 7.06. The maximum Gasteiger partial charge on any atom is 0.147 e. The van der Waals surface area contributed by atoms with Gasteiger partial charge in [0.1, 0.15) is 22.5 Å². The van der Waals surface area contributed by atoms with Gasteiger partial charge in [-0.05, 0) is 73.6 Å². The van der Waals surface area contributed by atoms with E-state index in [0.29, 0.717) is 33.4 Å². The average molecular weight is 621 g/mol. The van der Waals surface area contributed by atoms with Crippen molar-refractivity contribution in [2.24, 2.45) is 0 Å². The van der Waals surface area contributed by atoms with Gasteiger partial charge in [-0.1, -0.05) is 145 Å². The predicted molar refractivity (Wildman–Crippen MR) is 200 cm³/mol. The van der Waals surface area contributed by atoms with Crippen LogP contribution in [0.2, 0.25) is 0 Å². The van der Waals surface area contributed by atoms with E-state index >= 15 is 0 Å². The molecule has 8 aromatic carbocycles. The molecule has 48 heavy (non-hydrogen) atoms. The summed E-state index contributed by atoms with van der Waals surface area (Å²) in [6.07, 6.45) is 0. The summed E-state index contributed by atoms with van der Waals surface area (Å²) >= 11 is 0. The molecule has 0 aliphatic rings. The lowest BCUT2D eigenvalue weighted by Crippen LogP contribution is -1.90. The molecule has 0 fully saturated rings. The number of furan rings is 2. The lowest BCUT2D eigenvalue weighted by Gasteiger charge is -2.17. The monoisotopic (exact) mass is 620 g/mol. The van der Waals surface area contributed by atoms with E-state index in [9.17, 15) is 5.48 Å². The van der Waals surface area contributed by atoms with E-state index in [1.165, 1.54) is 0 Å². The molecular weight excluding hydrogens is 585 g/mol. The minimum Gasteiger partial charge on any atom is -0.456 e. The van der Waals surface area contributed by atoms with Crippen LogP contribution in [0.1, 0.15) is 11.0 Å². The zero-order valence-corrected chi connectivity index (χ0v) is 25.4. The number of hydrogen-bond acceptors (Lipinski definition) is 2. The van der Waals surface area contributed by atoms with Crippen LogP contribution in [-0.4, -0.2) is 0 Å². The van der Waals surface area contributed by atoms with Crippen molar-refractivity contribution in [2.45, 2.75) is 0 Å². The van der Waals surface area contributed by atoms with Gasteiger partial charge in [0.15, 0.2) is 0 Å². The largest absolute Gasteiger partial charge is 0.456 e. The van der Waals surface area contributed by atoms with Crippen LogP contribution in [0, 0.1) is 0 Å². The van der Waals surface area contributed by atoms with Crippen LogP contribution in [0.4, 0.5) is 0 Å². The molecule has 0 radical (unpaired) electrons. The first-order chi connectivity index (χ1) is 27.2. The molecule has 2 heterocycles. The van der Waals surface area contributed by atoms with Crippen LogP contribution in [0.15, 0.2) is 179 Å². The summed E-state index contributed by atoms with van der Waals surface area (Å²) in [4.78, 5) is 0. The molecule has 2 aromatic heterocycles. The second-order valence-corrected chi connectivity index (χ2v) is 11.8. The molecule has 224 valence electrons. The highest BCUT2D eigenvalue weighted by Crippen LogP contribution is 2.47. The van der Waals surface area contributed by atoms with Crippen molar-refractivity contribution < 1.29 is 19.8 Å². The molecule has 0 bridgehead atoms. The van der Waals surface area contributed by atoms with Gasteiger partial charge in [0.2, 0.25) is 0 Å². The Labute approximate surface area is 288 Å². The third-order valence-electron chi connectivity index (χ3n) is 9.12. The van der Waals surface area contributed by atoms with E-state index in [2.05, 4.69) is 12.1 Å². The Bertz CT molecular complexity index is 3180. The lowest BCUT2D eigenvalue weighted by atomic mass is 9.86. The Morgan fingerprint density at radius 2 is 0.875 bits per heavy atom. The second-order valence-electron chi connectivity index (χ2n) is 11.8. The highest BCUT2D eigenvalue weighted by molar-refractivity contribution is 6.24. The molecule has 0 N–H and O–H groups in total. The summed E-state index contributed by atoms with van der Waals surface area (Å²) in [6.45, 7) is 0. The quantitative estimate of drug-likeness (QED) is 0.183. The molecule has 0 aliphatic heterocycles. The molecule has 0 spiro atoms. The zero-order chi connectivity index (χ0) is 38.6. The van der Waals surface area contributed by atoms with E-state index in [4.69, 9.17) is 14.3 Å². The van der Waals surface area contributed by atoms with Crippen molar-refractivity contribution in [3.63, 3.8) is 0 Å². The standard InChI is InChI=1S/C46H28O2/c1-4-14-29(15-5-1)41-33-20-10-12-22-35(33)42(36-23-13-11-21-34(36)41)32-24-25-37-40(28-32)47-39-27-26-38-43(30-16-6-2-7-17-30)45(48-46(38)44(37)39)31-18-8-3-9-19-31/h1-28H/i10D,11D,12D,13D,20D,21D,22D,23D. The summed E-state index contributed by atoms with van der Waals surface area (Å²) in [6, 6.07) is 35.4. The number of fused-ring (bicyclic) bond motifs is 7. The van der Waals surface area contributed by atoms with Crippen LogP contribution in [0.5, 0.6) is 0 Å². The van der Waals surface area contributed by atoms with Gasteiger partial charge in [-0.2, -0.15) is 0 Å². The van der Waals surface area contributed by atoms with Gasteiger partial charge in [0.05, 0.1) is 16.4 Å². The summed E-state index contributed by atoms with van der Waals surface area (Å²) in [5, 5.41) is 3.06. The van der Waals surface area contributed by atoms with Crippen molar-refractivity contribution in [3.8, 4) is 44.7 Å². The smallest absolute Gasteiger partial charge is 0.147 e. The van der Waals surface area contributed by atoms with Crippen LogP contribution in [0.3, 0.4) is 0 Å². The number of benzene rings is 8. The first-order valence-corrected chi connectivity index (χ1v) is 15.7. The van der Waals surface area contributed by atoms with Gasteiger partial charge in [0.25, 0.3) is 0 Å².